The minimum absolute atomic E-state index is 0.132. The Labute approximate surface area is 179 Å². The summed E-state index contributed by atoms with van der Waals surface area (Å²) in [5, 5.41) is 2.95. The Morgan fingerprint density at radius 2 is 1.77 bits per heavy atom. The molecule has 6 heteroatoms. The molecular weight excluding hydrogens is 380 g/mol. The zero-order valence-corrected chi connectivity index (χ0v) is 18.1. The molecule has 30 heavy (non-hydrogen) atoms. The number of para-hydroxylation sites is 1. The van der Waals surface area contributed by atoms with Gasteiger partial charge in [0, 0.05) is 13.1 Å². The Hall–Kier alpha value is -3.02. The van der Waals surface area contributed by atoms with Crippen molar-refractivity contribution in [2.75, 3.05) is 20.3 Å². The molecule has 0 aromatic heterocycles. The Morgan fingerprint density at radius 1 is 1.03 bits per heavy atom. The van der Waals surface area contributed by atoms with Crippen LogP contribution >= 0.6 is 0 Å². The summed E-state index contributed by atoms with van der Waals surface area (Å²) in [6.45, 7) is 4.76. The summed E-state index contributed by atoms with van der Waals surface area (Å²) in [6, 6.07) is 16.1. The first kappa shape index (κ1) is 23.3. The number of carbonyl (C=O) groups excluding carboxylic acids is 2. The standard InChI is InChI=1S/C24H32N2O4/c1-4-6-15-25-24(28)22(5-2)26(17-19-11-10-14-21(16-19)29-3)23(27)18-30-20-12-8-7-9-13-20/h7-14,16,22H,4-6,15,17-18H2,1-3H3,(H,25,28)/t22-/m0/s1. The Kier molecular flexibility index (Phi) is 9.71. The normalized spacial score (nSPS) is 11.4. The molecule has 0 aliphatic rings. The molecule has 0 aliphatic heterocycles. The van der Waals surface area contributed by atoms with Gasteiger partial charge in [0.2, 0.25) is 5.91 Å². The molecule has 0 aliphatic carbocycles. The van der Waals surface area contributed by atoms with Crippen molar-refractivity contribution in [3.8, 4) is 11.5 Å². The van der Waals surface area contributed by atoms with Crippen molar-refractivity contribution in [3.05, 3.63) is 60.2 Å². The third-order valence-electron chi connectivity index (χ3n) is 4.81. The van der Waals surface area contributed by atoms with Crippen LogP contribution in [0.25, 0.3) is 0 Å². The first-order valence-corrected chi connectivity index (χ1v) is 10.5. The molecule has 2 rings (SSSR count). The van der Waals surface area contributed by atoms with Gasteiger partial charge in [-0.05, 0) is 42.7 Å². The van der Waals surface area contributed by atoms with E-state index in [9.17, 15) is 9.59 Å². The van der Waals surface area contributed by atoms with Crippen LogP contribution in [0.15, 0.2) is 54.6 Å². The van der Waals surface area contributed by atoms with Crippen LogP contribution in [0.2, 0.25) is 0 Å². The SMILES string of the molecule is CCCCNC(=O)[C@H](CC)N(Cc1cccc(OC)c1)C(=O)COc1ccccc1. The summed E-state index contributed by atoms with van der Waals surface area (Å²) in [6.07, 6.45) is 2.41. The zero-order chi connectivity index (χ0) is 21.8. The van der Waals surface area contributed by atoms with Gasteiger partial charge < -0.3 is 19.7 Å². The van der Waals surface area contributed by atoms with E-state index < -0.39 is 6.04 Å². The van der Waals surface area contributed by atoms with Gasteiger partial charge in [-0.1, -0.05) is 50.6 Å². The van der Waals surface area contributed by atoms with Crippen LogP contribution in [0.5, 0.6) is 11.5 Å². The van der Waals surface area contributed by atoms with Crippen LogP contribution in [-0.4, -0.2) is 43.0 Å². The number of unbranched alkanes of at least 4 members (excludes halogenated alkanes) is 1. The first-order valence-electron chi connectivity index (χ1n) is 10.5. The van der Waals surface area contributed by atoms with Crippen molar-refractivity contribution in [3.63, 3.8) is 0 Å². The fraction of sp³-hybridized carbons (Fsp3) is 0.417. The number of nitrogens with one attached hydrogen (secondary N) is 1. The number of benzene rings is 2. The maximum Gasteiger partial charge on any atom is 0.261 e. The molecule has 0 fully saturated rings. The number of hydrogen-bond acceptors (Lipinski definition) is 4. The highest BCUT2D eigenvalue weighted by Crippen LogP contribution is 2.18. The lowest BCUT2D eigenvalue weighted by Gasteiger charge is -2.30. The lowest BCUT2D eigenvalue weighted by molar-refractivity contribution is -0.143. The summed E-state index contributed by atoms with van der Waals surface area (Å²) >= 11 is 0. The van der Waals surface area contributed by atoms with Crippen LogP contribution in [0.3, 0.4) is 0 Å². The van der Waals surface area contributed by atoms with Gasteiger partial charge in [0.05, 0.1) is 7.11 Å². The molecule has 0 saturated carbocycles. The summed E-state index contributed by atoms with van der Waals surface area (Å²) in [4.78, 5) is 27.5. The number of hydrogen-bond donors (Lipinski definition) is 1. The highest BCUT2D eigenvalue weighted by Gasteiger charge is 2.28. The number of ether oxygens (including phenoxy) is 2. The molecule has 1 atom stereocenters. The fourth-order valence-electron chi connectivity index (χ4n) is 3.14. The minimum atomic E-state index is -0.570. The molecule has 0 spiro atoms. The monoisotopic (exact) mass is 412 g/mol. The molecule has 0 heterocycles. The zero-order valence-electron chi connectivity index (χ0n) is 18.1. The average molecular weight is 413 g/mol. The molecular formula is C24H32N2O4. The molecule has 0 saturated heterocycles. The molecule has 0 bridgehead atoms. The van der Waals surface area contributed by atoms with Crippen LogP contribution < -0.4 is 14.8 Å². The van der Waals surface area contributed by atoms with E-state index in [1.54, 1.807) is 24.1 Å². The van der Waals surface area contributed by atoms with Gasteiger partial charge in [0.1, 0.15) is 17.5 Å². The van der Waals surface area contributed by atoms with Gasteiger partial charge in [-0.25, -0.2) is 0 Å². The van der Waals surface area contributed by atoms with Crippen molar-refractivity contribution in [2.24, 2.45) is 0 Å². The van der Waals surface area contributed by atoms with Gasteiger partial charge in [-0.2, -0.15) is 0 Å². The predicted octanol–water partition coefficient (Wildman–Crippen LogP) is 3.80. The second-order valence-electron chi connectivity index (χ2n) is 7.04. The Balaban J connectivity index is 2.18. The van der Waals surface area contributed by atoms with E-state index in [0.29, 0.717) is 31.0 Å². The van der Waals surface area contributed by atoms with Crippen molar-refractivity contribution in [1.82, 2.24) is 10.2 Å². The number of nitrogens with zero attached hydrogens (tertiary/aromatic N) is 1. The summed E-state index contributed by atoms with van der Waals surface area (Å²) in [5.41, 5.74) is 0.891. The van der Waals surface area contributed by atoms with E-state index in [4.69, 9.17) is 9.47 Å². The fourth-order valence-corrected chi connectivity index (χ4v) is 3.14. The largest absolute Gasteiger partial charge is 0.497 e. The molecule has 2 aromatic carbocycles. The van der Waals surface area contributed by atoms with E-state index in [1.807, 2.05) is 49.4 Å². The highest BCUT2D eigenvalue weighted by atomic mass is 16.5. The van der Waals surface area contributed by atoms with E-state index in [0.717, 1.165) is 18.4 Å². The van der Waals surface area contributed by atoms with Crippen molar-refractivity contribution >= 4 is 11.8 Å². The second kappa shape index (κ2) is 12.5. The molecule has 162 valence electrons. The topological polar surface area (TPSA) is 67.9 Å². The number of carbonyl (C=O) groups is 2. The molecule has 2 aromatic rings. The smallest absolute Gasteiger partial charge is 0.261 e. The third kappa shape index (κ3) is 7.10. The van der Waals surface area contributed by atoms with Crippen LogP contribution in [0.4, 0.5) is 0 Å². The van der Waals surface area contributed by atoms with Crippen molar-refractivity contribution in [1.29, 1.82) is 0 Å². The summed E-state index contributed by atoms with van der Waals surface area (Å²) in [5.74, 6) is 0.953. The number of methoxy groups -OCH3 is 1. The van der Waals surface area contributed by atoms with Crippen LogP contribution in [-0.2, 0) is 16.1 Å². The van der Waals surface area contributed by atoms with Gasteiger partial charge in [0.15, 0.2) is 6.61 Å². The number of rotatable bonds is 12. The molecule has 1 N–H and O–H groups in total. The van der Waals surface area contributed by atoms with E-state index in [-0.39, 0.29) is 18.4 Å². The maximum absolute atomic E-state index is 13.1. The second-order valence-corrected chi connectivity index (χ2v) is 7.04. The lowest BCUT2D eigenvalue weighted by atomic mass is 10.1. The van der Waals surface area contributed by atoms with Gasteiger partial charge in [-0.15, -0.1) is 0 Å². The van der Waals surface area contributed by atoms with Gasteiger partial charge in [-0.3, -0.25) is 9.59 Å². The Bertz CT molecular complexity index is 795. The van der Waals surface area contributed by atoms with E-state index >= 15 is 0 Å². The number of amides is 2. The van der Waals surface area contributed by atoms with Crippen molar-refractivity contribution < 1.29 is 19.1 Å². The quantitative estimate of drug-likeness (QED) is 0.539. The third-order valence-corrected chi connectivity index (χ3v) is 4.81. The first-order chi connectivity index (χ1) is 14.6. The predicted molar refractivity (Wildman–Crippen MR) is 117 cm³/mol. The molecule has 6 nitrogen and oxygen atoms in total. The lowest BCUT2D eigenvalue weighted by Crippen LogP contribution is -2.50. The molecule has 2 amide bonds. The van der Waals surface area contributed by atoms with Gasteiger partial charge >= 0.3 is 0 Å². The van der Waals surface area contributed by atoms with Crippen LogP contribution in [0, 0.1) is 0 Å². The van der Waals surface area contributed by atoms with Gasteiger partial charge in [0.25, 0.3) is 5.91 Å². The van der Waals surface area contributed by atoms with E-state index in [1.165, 1.54) is 0 Å². The highest BCUT2D eigenvalue weighted by molar-refractivity contribution is 5.88. The Morgan fingerprint density at radius 3 is 2.43 bits per heavy atom. The van der Waals surface area contributed by atoms with E-state index in [2.05, 4.69) is 12.2 Å². The summed E-state index contributed by atoms with van der Waals surface area (Å²) < 4.78 is 11.0. The minimum Gasteiger partial charge on any atom is -0.497 e. The van der Waals surface area contributed by atoms with Crippen LogP contribution in [0.1, 0.15) is 38.7 Å². The average Bonchev–Trinajstić information content (AvgIpc) is 2.78. The van der Waals surface area contributed by atoms with Crippen molar-refractivity contribution in [2.45, 2.75) is 45.7 Å². The molecule has 0 unspecified atom stereocenters. The summed E-state index contributed by atoms with van der Waals surface area (Å²) in [7, 11) is 1.60. The molecule has 0 radical (unpaired) electrons. The maximum atomic E-state index is 13.1.